The Hall–Kier alpha value is -2.07. The lowest BCUT2D eigenvalue weighted by Crippen LogP contribution is -1.97. The first-order valence-electron chi connectivity index (χ1n) is 5.20. The summed E-state index contributed by atoms with van der Waals surface area (Å²) in [6.45, 7) is 1.85. The Morgan fingerprint density at radius 1 is 1.33 bits per heavy atom. The van der Waals surface area contributed by atoms with Crippen molar-refractivity contribution in [1.29, 1.82) is 0 Å². The second-order valence-electron chi connectivity index (χ2n) is 3.67. The molecule has 0 amide bonds. The van der Waals surface area contributed by atoms with E-state index < -0.39 is 5.97 Å². The van der Waals surface area contributed by atoms with E-state index in [9.17, 15) is 4.79 Å². The Kier molecular flexibility index (Phi) is 3.48. The molecule has 0 fully saturated rings. The predicted octanol–water partition coefficient (Wildman–Crippen LogP) is 3.53. The number of halogens is 1. The summed E-state index contributed by atoms with van der Waals surface area (Å²) in [6.07, 6.45) is 0. The van der Waals surface area contributed by atoms with Crippen molar-refractivity contribution in [3.63, 3.8) is 0 Å². The van der Waals surface area contributed by atoms with Gasteiger partial charge in [0.25, 0.3) is 0 Å². The largest absolute Gasteiger partial charge is 0.478 e. The average molecular weight is 264 g/mol. The molecular formula is C13H10ClNO3. The van der Waals surface area contributed by atoms with Crippen molar-refractivity contribution in [3.05, 3.63) is 52.7 Å². The number of nitrogens with zero attached hydrogens (tertiary/aromatic N) is 1. The number of pyridine rings is 1. The zero-order chi connectivity index (χ0) is 13.1. The van der Waals surface area contributed by atoms with Crippen molar-refractivity contribution < 1.29 is 14.6 Å². The molecule has 4 nitrogen and oxygen atoms in total. The fraction of sp³-hybridized carbons (Fsp3) is 0.0769. The second kappa shape index (κ2) is 5.06. The van der Waals surface area contributed by atoms with E-state index in [1.54, 1.807) is 12.1 Å². The molecule has 0 spiro atoms. The molecule has 0 aliphatic carbocycles. The molecule has 0 radical (unpaired) electrons. The number of carbonyl (C=O) groups is 1. The Morgan fingerprint density at radius 2 is 2.11 bits per heavy atom. The van der Waals surface area contributed by atoms with Gasteiger partial charge in [0.05, 0.1) is 10.6 Å². The van der Waals surface area contributed by atoms with Crippen molar-refractivity contribution in [3.8, 4) is 11.6 Å². The zero-order valence-electron chi connectivity index (χ0n) is 9.55. The summed E-state index contributed by atoms with van der Waals surface area (Å²) < 4.78 is 5.49. The first kappa shape index (κ1) is 12.4. The van der Waals surface area contributed by atoms with Gasteiger partial charge in [-0.2, -0.15) is 0 Å². The number of aryl methyl sites for hydroxylation is 1. The van der Waals surface area contributed by atoms with Crippen molar-refractivity contribution in [2.45, 2.75) is 6.92 Å². The van der Waals surface area contributed by atoms with E-state index in [-0.39, 0.29) is 10.6 Å². The van der Waals surface area contributed by atoms with Crippen LogP contribution in [0.5, 0.6) is 11.6 Å². The van der Waals surface area contributed by atoms with Crippen molar-refractivity contribution in [2.24, 2.45) is 0 Å². The molecule has 0 saturated carbocycles. The molecule has 1 aromatic carbocycles. The lowest BCUT2D eigenvalue weighted by Gasteiger charge is -2.06. The summed E-state index contributed by atoms with van der Waals surface area (Å²) in [6, 6.07) is 9.79. The molecule has 0 atom stereocenters. The third-order valence-corrected chi connectivity index (χ3v) is 2.57. The number of hydrogen-bond donors (Lipinski definition) is 1. The Bertz CT molecular complexity index is 599. The van der Waals surface area contributed by atoms with Crippen LogP contribution in [0.4, 0.5) is 0 Å². The molecule has 5 heteroatoms. The summed E-state index contributed by atoms with van der Waals surface area (Å²) in [4.78, 5) is 15.0. The fourth-order valence-electron chi connectivity index (χ4n) is 1.43. The minimum Gasteiger partial charge on any atom is -0.478 e. The van der Waals surface area contributed by atoms with Crippen LogP contribution in [-0.4, -0.2) is 16.1 Å². The molecule has 0 aliphatic heterocycles. The van der Waals surface area contributed by atoms with Crippen molar-refractivity contribution >= 4 is 17.6 Å². The monoisotopic (exact) mass is 263 g/mol. The van der Waals surface area contributed by atoms with E-state index in [0.29, 0.717) is 11.6 Å². The summed E-state index contributed by atoms with van der Waals surface area (Å²) in [7, 11) is 0. The molecule has 0 saturated heterocycles. The number of hydrogen-bond acceptors (Lipinski definition) is 3. The molecule has 0 unspecified atom stereocenters. The summed E-state index contributed by atoms with van der Waals surface area (Å²) in [5, 5.41) is 8.98. The standard InChI is InChI=1S/C13H10ClNO3/c1-8-3-2-4-12(15-8)18-9-5-6-10(13(16)17)11(14)7-9/h2-7H,1H3,(H,16,17). The van der Waals surface area contributed by atoms with Gasteiger partial charge in [-0.05, 0) is 25.1 Å². The topological polar surface area (TPSA) is 59.4 Å². The van der Waals surface area contributed by atoms with Crippen molar-refractivity contribution in [1.82, 2.24) is 4.98 Å². The summed E-state index contributed by atoms with van der Waals surface area (Å²) in [5.74, 6) is -0.183. The minimum absolute atomic E-state index is 0.0428. The average Bonchev–Trinajstić information content (AvgIpc) is 2.28. The van der Waals surface area contributed by atoms with Gasteiger partial charge in [0, 0.05) is 17.8 Å². The molecule has 1 heterocycles. The van der Waals surface area contributed by atoms with Crippen LogP contribution in [0.15, 0.2) is 36.4 Å². The first-order valence-corrected chi connectivity index (χ1v) is 5.58. The van der Waals surface area contributed by atoms with E-state index in [4.69, 9.17) is 21.4 Å². The lowest BCUT2D eigenvalue weighted by molar-refractivity contribution is 0.0697. The van der Waals surface area contributed by atoms with Crippen LogP contribution in [0.25, 0.3) is 0 Å². The van der Waals surface area contributed by atoms with E-state index in [1.807, 2.05) is 19.1 Å². The molecule has 0 bridgehead atoms. The highest BCUT2D eigenvalue weighted by Gasteiger charge is 2.09. The number of aromatic nitrogens is 1. The Morgan fingerprint density at radius 3 is 2.72 bits per heavy atom. The zero-order valence-corrected chi connectivity index (χ0v) is 10.3. The molecular weight excluding hydrogens is 254 g/mol. The summed E-state index contributed by atoms with van der Waals surface area (Å²) in [5.41, 5.74) is 0.877. The maximum atomic E-state index is 10.8. The van der Waals surface area contributed by atoms with Gasteiger partial charge in [-0.3, -0.25) is 0 Å². The van der Waals surface area contributed by atoms with Gasteiger partial charge in [0.1, 0.15) is 5.75 Å². The highest BCUT2D eigenvalue weighted by molar-refractivity contribution is 6.33. The van der Waals surface area contributed by atoms with Crippen LogP contribution < -0.4 is 4.74 Å². The van der Waals surface area contributed by atoms with Crippen LogP contribution in [0.2, 0.25) is 5.02 Å². The normalized spacial score (nSPS) is 10.1. The van der Waals surface area contributed by atoms with Gasteiger partial charge in [0.15, 0.2) is 0 Å². The van der Waals surface area contributed by atoms with Crippen LogP contribution in [0, 0.1) is 6.92 Å². The van der Waals surface area contributed by atoms with E-state index in [0.717, 1.165) is 5.69 Å². The Balaban J connectivity index is 2.25. The highest BCUT2D eigenvalue weighted by atomic mass is 35.5. The van der Waals surface area contributed by atoms with Crippen molar-refractivity contribution in [2.75, 3.05) is 0 Å². The molecule has 18 heavy (non-hydrogen) atoms. The van der Waals surface area contributed by atoms with Gasteiger partial charge < -0.3 is 9.84 Å². The van der Waals surface area contributed by atoms with Crippen LogP contribution in [-0.2, 0) is 0 Å². The number of rotatable bonds is 3. The highest BCUT2D eigenvalue weighted by Crippen LogP contribution is 2.26. The Labute approximate surface area is 109 Å². The maximum absolute atomic E-state index is 10.8. The molecule has 0 aliphatic rings. The first-order chi connectivity index (χ1) is 8.56. The number of benzene rings is 1. The molecule has 1 N–H and O–H groups in total. The van der Waals surface area contributed by atoms with Crippen LogP contribution in [0.1, 0.15) is 16.1 Å². The van der Waals surface area contributed by atoms with Gasteiger partial charge in [-0.1, -0.05) is 17.7 Å². The number of aromatic carboxylic acids is 1. The third-order valence-electron chi connectivity index (χ3n) is 2.26. The fourth-order valence-corrected chi connectivity index (χ4v) is 1.68. The van der Waals surface area contributed by atoms with E-state index in [1.165, 1.54) is 12.1 Å². The number of ether oxygens (including phenoxy) is 1. The van der Waals surface area contributed by atoms with E-state index >= 15 is 0 Å². The predicted molar refractivity (Wildman–Crippen MR) is 67.5 cm³/mol. The minimum atomic E-state index is -1.07. The molecule has 2 aromatic rings. The quantitative estimate of drug-likeness (QED) is 0.920. The van der Waals surface area contributed by atoms with Gasteiger partial charge in [0.2, 0.25) is 5.88 Å². The SMILES string of the molecule is Cc1cccc(Oc2ccc(C(=O)O)c(Cl)c2)n1. The third kappa shape index (κ3) is 2.78. The van der Waals surface area contributed by atoms with Gasteiger partial charge in [-0.25, -0.2) is 9.78 Å². The molecule has 92 valence electrons. The van der Waals surface area contributed by atoms with Crippen LogP contribution in [0.3, 0.4) is 0 Å². The summed E-state index contributed by atoms with van der Waals surface area (Å²) >= 11 is 5.84. The van der Waals surface area contributed by atoms with Gasteiger partial charge in [-0.15, -0.1) is 0 Å². The van der Waals surface area contributed by atoms with Crippen LogP contribution >= 0.6 is 11.6 Å². The maximum Gasteiger partial charge on any atom is 0.337 e. The number of carboxylic acids is 1. The molecule has 2 rings (SSSR count). The number of carboxylic acid groups (broad SMARTS) is 1. The van der Waals surface area contributed by atoms with E-state index in [2.05, 4.69) is 4.98 Å². The smallest absolute Gasteiger partial charge is 0.337 e. The lowest BCUT2D eigenvalue weighted by atomic mass is 10.2. The second-order valence-corrected chi connectivity index (χ2v) is 4.07. The molecule has 1 aromatic heterocycles. The van der Waals surface area contributed by atoms with Gasteiger partial charge >= 0.3 is 5.97 Å².